The number of anilines is 1. The van der Waals surface area contributed by atoms with Gasteiger partial charge in [-0.2, -0.15) is 0 Å². The van der Waals surface area contributed by atoms with Crippen LogP contribution in [-0.2, 0) is 6.42 Å². The first-order chi connectivity index (χ1) is 10.7. The van der Waals surface area contributed by atoms with Crippen LogP contribution in [0.3, 0.4) is 0 Å². The lowest BCUT2D eigenvalue weighted by atomic mass is 10.2. The molecule has 2 amide bonds. The van der Waals surface area contributed by atoms with Crippen molar-refractivity contribution in [2.24, 2.45) is 0 Å². The minimum atomic E-state index is -0.127. The van der Waals surface area contributed by atoms with Crippen molar-refractivity contribution in [1.29, 1.82) is 0 Å². The summed E-state index contributed by atoms with van der Waals surface area (Å²) in [6, 6.07) is 11.1. The number of amides is 2. The van der Waals surface area contributed by atoms with E-state index < -0.39 is 0 Å². The molecule has 0 atom stereocenters. The van der Waals surface area contributed by atoms with E-state index in [0.29, 0.717) is 13.2 Å². The first kappa shape index (κ1) is 15.8. The van der Waals surface area contributed by atoms with Gasteiger partial charge in [0, 0.05) is 31.7 Å². The zero-order chi connectivity index (χ0) is 15.8. The molecule has 2 aromatic rings. The average molecular weight is 299 g/mol. The second-order valence-corrected chi connectivity index (χ2v) is 4.91. The molecule has 5 heteroatoms. The highest BCUT2D eigenvalue weighted by Gasteiger charge is 2.08. The van der Waals surface area contributed by atoms with Crippen molar-refractivity contribution < 1.29 is 9.53 Å². The maximum absolute atomic E-state index is 12.1. The van der Waals surface area contributed by atoms with Crippen molar-refractivity contribution in [1.82, 2.24) is 9.88 Å². The van der Waals surface area contributed by atoms with Crippen LogP contribution in [0, 0.1) is 0 Å². The highest BCUT2D eigenvalue weighted by Crippen LogP contribution is 2.15. The first-order valence-electron chi connectivity index (χ1n) is 7.33. The summed E-state index contributed by atoms with van der Waals surface area (Å²) in [4.78, 5) is 17.8. The normalized spacial score (nSPS) is 10.1. The highest BCUT2D eigenvalue weighted by molar-refractivity contribution is 5.89. The molecule has 1 aromatic heterocycles. The third-order valence-electron chi connectivity index (χ3n) is 3.25. The van der Waals surface area contributed by atoms with Crippen molar-refractivity contribution in [2.75, 3.05) is 25.5 Å². The molecule has 0 aliphatic carbocycles. The van der Waals surface area contributed by atoms with Gasteiger partial charge in [-0.3, -0.25) is 4.98 Å². The van der Waals surface area contributed by atoms with Gasteiger partial charge in [0.05, 0.1) is 6.61 Å². The van der Waals surface area contributed by atoms with E-state index in [2.05, 4.69) is 10.3 Å². The third-order valence-corrected chi connectivity index (χ3v) is 3.25. The minimum Gasteiger partial charge on any atom is -0.494 e. The van der Waals surface area contributed by atoms with Crippen LogP contribution >= 0.6 is 0 Å². The van der Waals surface area contributed by atoms with Crippen LogP contribution in [0.5, 0.6) is 5.75 Å². The molecule has 0 aliphatic rings. The predicted octanol–water partition coefficient (Wildman–Crippen LogP) is 3.19. The van der Waals surface area contributed by atoms with Crippen LogP contribution in [0.4, 0.5) is 10.5 Å². The number of nitrogens with zero attached hydrogens (tertiary/aromatic N) is 2. The quantitative estimate of drug-likeness (QED) is 0.891. The summed E-state index contributed by atoms with van der Waals surface area (Å²) >= 11 is 0. The lowest BCUT2D eigenvalue weighted by molar-refractivity contribution is 0.223. The maximum Gasteiger partial charge on any atom is 0.321 e. The molecule has 0 bridgehead atoms. The topological polar surface area (TPSA) is 54.5 Å². The fourth-order valence-electron chi connectivity index (χ4n) is 1.97. The van der Waals surface area contributed by atoms with Gasteiger partial charge in [0.1, 0.15) is 5.75 Å². The van der Waals surface area contributed by atoms with E-state index in [9.17, 15) is 4.79 Å². The molecular formula is C17H21N3O2. The van der Waals surface area contributed by atoms with Gasteiger partial charge in [0.2, 0.25) is 0 Å². The van der Waals surface area contributed by atoms with E-state index in [1.54, 1.807) is 24.3 Å². The van der Waals surface area contributed by atoms with Crippen molar-refractivity contribution >= 4 is 11.7 Å². The van der Waals surface area contributed by atoms with E-state index in [1.165, 1.54) is 0 Å². The number of hydrogen-bond donors (Lipinski definition) is 1. The number of nitrogens with one attached hydrogen (secondary N) is 1. The second kappa shape index (κ2) is 8.02. The first-order valence-corrected chi connectivity index (χ1v) is 7.33. The molecule has 5 nitrogen and oxygen atoms in total. The lowest BCUT2D eigenvalue weighted by Gasteiger charge is -2.18. The van der Waals surface area contributed by atoms with E-state index >= 15 is 0 Å². The summed E-state index contributed by atoms with van der Waals surface area (Å²) in [7, 11) is 1.78. The zero-order valence-corrected chi connectivity index (χ0v) is 13.0. The van der Waals surface area contributed by atoms with Gasteiger partial charge >= 0.3 is 6.03 Å². The highest BCUT2D eigenvalue weighted by atomic mass is 16.5. The van der Waals surface area contributed by atoms with Gasteiger partial charge in [0.25, 0.3) is 0 Å². The van der Waals surface area contributed by atoms with Crippen LogP contribution in [0.2, 0.25) is 0 Å². The Balaban J connectivity index is 1.83. The number of ether oxygens (including phenoxy) is 1. The van der Waals surface area contributed by atoms with E-state index in [4.69, 9.17) is 4.74 Å². The Kier molecular flexibility index (Phi) is 5.77. The SMILES string of the molecule is CCOc1ccc(NC(=O)N(C)CCc2ccncc2)cc1. The average Bonchev–Trinajstić information content (AvgIpc) is 2.55. The second-order valence-electron chi connectivity index (χ2n) is 4.91. The summed E-state index contributed by atoms with van der Waals surface area (Å²) in [6.07, 6.45) is 4.32. The zero-order valence-electron chi connectivity index (χ0n) is 13.0. The number of aromatic nitrogens is 1. The van der Waals surface area contributed by atoms with Crippen LogP contribution in [0.25, 0.3) is 0 Å². The summed E-state index contributed by atoms with van der Waals surface area (Å²) in [6.45, 7) is 3.21. The van der Waals surface area contributed by atoms with Gasteiger partial charge in [-0.1, -0.05) is 0 Å². The molecule has 0 saturated carbocycles. The number of carbonyl (C=O) groups excluding carboxylic acids is 1. The van der Waals surface area contributed by atoms with Crippen molar-refractivity contribution in [3.05, 3.63) is 54.4 Å². The smallest absolute Gasteiger partial charge is 0.321 e. The Morgan fingerprint density at radius 2 is 1.86 bits per heavy atom. The molecule has 0 radical (unpaired) electrons. The molecule has 1 aromatic carbocycles. The number of hydrogen-bond acceptors (Lipinski definition) is 3. The van der Waals surface area contributed by atoms with Crippen LogP contribution < -0.4 is 10.1 Å². The number of benzene rings is 1. The van der Waals surface area contributed by atoms with E-state index in [0.717, 1.165) is 23.4 Å². The lowest BCUT2D eigenvalue weighted by Crippen LogP contribution is -2.32. The molecule has 1 heterocycles. The van der Waals surface area contributed by atoms with Crippen molar-refractivity contribution in [3.8, 4) is 5.75 Å². The number of likely N-dealkylation sites (N-methyl/N-ethyl adjacent to an activating group) is 1. The molecule has 1 N–H and O–H groups in total. The number of rotatable bonds is 6. The van der Waals surface area contributed by atoms with E-state index in [1.807, 2.05) is 43.3 Å². The molecule has 22 heavy (non-hydrogen) atoms. The summed E-state index contributed by atoms with van der Waals surface area (Å²) in [5.74, 6) is 0.798. The van der Waals surface area contributed by atoms with Gasteiger partial charge in [-0.15, -0.1) is 0 Å². The van der Waals surface area contributed by atoms with E-state index in [-0.39, 0.29) is 6.03 Å². The Hall–Kier alpha value is -2.56. The molecule has 0 saturated heterocycles. The van der Waals surface area contributed by atoms with Crippen molar-refractivity contribution in [2.45, 2.75) is 13.3 Å². The summed E-state index contributed by atoms with van der Waals surface area (Å²) in [5, 5.41) is 2.87. The molecule has 0 fully saturated rings. The Bertz CT molecular complexity index is 585. The number of pyridine rings is 1. The van der Waals surface area contributed by atoms with Crippen LogP contribution in [0.1, 0.15) is 12.5 Å². The third kappa shape index (κ3) is 4.77. The molecular weight excluding hydrogens is 278 g/mol. The maximum atomic E-state index is 12.1. The predicted molar refractivity (Wildman–Crippen MR) is 87.2 cm³/mol. The number of urea groups is 1. The Labute approximate surface area is 130 Å². The minimum absolute atomic E-state index is 0.127. The monoisotopic (exact) mass is 299 g/mol. The molecule has 0 aliphatic heterocycles. The van der Waals surface area contributed by atoms with Gasteiger partial charge in [-0.05, 0) is 55.3 Å². The molecule has 116 valence electrons. The molecule has 2 rings (SSSR count). The van der Waals surface area contributed by atoms with Crippen LogP contribution in [0.15, 0.2) is 48.8 Å². The van der Waals surface area contributed by atoms with Crippen molar-refractivity contribution in [3.63, 3.8) is 0 Å². The summed E-state index contributed by atoms with van der Waals surface area (Å²) in [5.41, 5.74) is 1.92. The fourth-order valence-corrected chi connectivity index (χ4v) is 1.97. The largest absolute Gasteiger partial charge is 0.494 e. The van der Waals surface area contributed by atoms with Gasteiger partial charge < -0.3 is 15.0 Å². The Morgan fingerprint density at radius 1 is 1.18 bits per heavy atom. The standard InChI is InChI=1S/C17H21N3O2/c1-3-22-16-6-4-15(5-7-16)19-17(21)20(2)13-10-14-8-11-18-12-9-14/h4-9,11-12H,3,10,13H2,1-2H3,(H,19,21). The molecule has 0 unspecified atom stereocenters. The summed E-state index contributed by atoms with van der Waals surface area (Å²) < 4.78 is 5.37. The van der Waals surface area contributed by atoms with Gasteiger partial charge in [0.15, 0.2) is 0 Å². The van der Waals surface area contributed by atoms with Gasteiger partial charge in [-0.25, -0.2) is 4.79 Å². The van der Waals surface area contributed by atoms with Crippen LogP contribution in [-0.4, -0.2) is 36.1 Å². The Morgan fingerprint density at radius 3 is 2.50 bits per heavy atom. The fraction of sp³-hybridized carbons (Fsp3) is 0.294. The molecule has 0 spiro atoms. The number of carbonyl (C=O) groups is 1.